The van der Waals surface area contributed by atoms with E-state index in [-0.39, 0.29) is 12.0 Å². The third-order valence-electron chi connectivity index (χ3n) is 3.32. The van der Waals surface area contributed by atoms with Gasteiger partial charge in [0, 0.05) is 6.04 Å². The second-order valence-corrected chi connectivity index (χ2v) is 4.43. The van der Waals surface area contributed by atoms with Crippen molar-refractivity contribution in [3.8, 4) is 12.1 Å². The lowest BCUT2D eigenvalue weighted by Crippen LogP contribution is -2.31. The predicted molar refractivity (Wildman–Crippen MR) is 66.1 cm³/mol. The summed E-state index contributed by atoms with van der Waals surface area (Å²) in [5.74, 6) is 0.0653. The van der Waals surface area contributed by atoms with Crippen molar-refractivity contribution >= 4 is 5.69 Å². The summed E-state index contributed by atoms with van der Waals surface area (Å²) in [6, 6.07) is 12.2. The van der Waals surface area contributed by atoms with Gasteiger partial charge in [-0.15, -0.1) is 0 Å². The van der Waals surface area contributed by atoms with E-state index in [0.717, 1.165) is 31.4 Å². The van der Waals surface area contributed by atoms with Crippen LogP contribution in [0.3, 0.4) is 0 Å². The van der Waals surface area contributed by atoms with Gasteiger partial charge in [0.2, 0.25) is 0 Å². The van der Waals surface area contributed by atoms with E-state index < -0.39 is 0 Å². The fourth-order valence-corrected chi connectivity index (χ4v) is 2.36. The Kier molecular flexibility index (Phi) is 3.62. The second-order valence-electron chi connectivity index (χ2n) is 4.43. The van der Waals surface area contributed by atoms with Gasteiger partial charge in [-0.2, -0.15) is 10.5 Å². The predicted octanol–water partition coefficient (Wildman–Crippen LogP) is 3.05. The van der Waals surface area contributed by atoms with Gasteiger partial charge in [0.15, 0.2) is 0 Å². The average molecular weight is 225 g/mol. The molecule has 1 aliphatic carbocycles. The van der Waals surface area contributed by atoms with Crippen molar-refractivity contribution in [3.63, 3.8) is 0 Å². The van der Waals surface area contributed by atoms with Crippen molar-refractivity contribution in [2.45, 2.75) is 31.7 Å². The molecule has 1 aromatic rings. The van der Waals surface area contributed by atoms with Gasteiger partial charge in [-0.05, 0) is 25.0 Å². The number of hydrogen-bond acceptors (Lipinski definition) is 3. The van der Waals surface area contributed by atoms with E-state index >= 15 is 0 Å². The molecule has 2 atom stereocenters. The van der Waals surface area contributed by atoms with Crippen molar-refractivity contribution in [1.82, 2.24) is 0 Å². The summed E-state index contributed by atoms with van der Waals surface area (Å²) in [5, 5.41) is 21.5. The normalized spacial score (nSPS) is 23.4. The van der Waals surface area contributed by atoms with Crippen LogP contribution in [0.5, 0.6) is 0 Å². The standard InChI is InChI=1S/C14H15N3/c15-9-11-5-1-3-7-13(11)17-14-8-4-2-6-12(14)10-16/h1,3,5,7,12,14,17H,2,4,6,8H2. The molecular formula is C14H15N3. The molecule has 86 valence electrons. The molecule has 0 aliphatic heterocycles. The molecule has 17 heavy (non-hydrogen) atoms. The van der Waals surface area contributed by atoms with E-state index in [1.165, 1.54) is 0 Å². The lowest BCUT2D eigenvalue weighted by atomic mass is 9.85. The van der Waals surface area contributed by atoms with Crippen molar-refractivity contribution in [2.75, 3.05) is 5.32 Å². The zero-order valence-electron chi connectivity index (χ0n) is 9.69. The molecule has 2 rings (SSSR count). The van der Waals surface area contributed by atoms with Crippen molar-refractivity contribution in [2.24, 2.45) is 5.92 Å². The summed E-state index contributed by atoms with van der Waals surface area (Å²) in [5.41, 5.74) is 1.50. The summed E-state index contributed by atoms with van der Waals surface area (Å²) >= 11 is 0. The number of nitrogens with zero attached hydrogens (tertiary/aromatic N) is 2. The number of benzene rings is 1. The summed E-state index contributed by atoms with van der Waals surface area (Å²) < 4.78 is 0. The molecule has 3 nitrogen and oxygen atoms in total. The summed E-state index contributed by atoms with van der Waals surface area (Å²) in [7, 11) is 0. The van der Waals surface area contributed by atoms with Crippen LogP contribution in [0.4, 0.5) is 5.69 Å². The van der Waals surface area contributed by atoms with Gasteiger partial charge in [0.1, 0.15) is 6.07 Å². The molecule has 1 aliphatic rings. The highest BCUT2D eigenvalue weighted by Crippen LogP contribution is 2.27. The van der Waals surface area contributed by atoms with Gasteiger partial charge in [-0.25, -0.2) is 0 Å². The first-order chi connectivity index (χ1) is 8.35. The third kappa shape index (κ3) is 2.57. The first kappa shape index (κ1) is 11.5. The van der Waals surface area contributed by atoms with Crippen LogP contribution >= 0.6 is 0 Å². The smallest absolute Gasteiger partial charge is 0.101 e. The molecule has 0 bridgehead atoms. The molecule has 1 N–H and O–H groups in total. The summed E-state index contributed by atoms with van der Waals surface area (Å²) in [6.07, 6.45) is 4.27. The minimum atomic E-state index is 0.0653. The molecule has 0 aromatic heterocycles. The summed E-state index contributed by atoms with van der Waals surface area (Å²) in [6.45, 7) is 0. The largest absolute Gasteiger partial charge is 0.380 e. The van der Waals surface area contributed by atoms with E-state index in [4.69, 9.17) is 10.5 Å². The van der Waals surface area contributed by atoms with Crippen LogP contribution in [-0.4, -0.2) is 6.04 Å². The number of rotatable bonds is 2. The fourth-order valence-electron chi connectivity index (χ4n) is 2.36. The lowest BCUT2D eigenvalue weighted by molar-refractivity contribution is 0.389. The first-order valence-electron chi connectivity index (χ1n) is 6.00. The van der Waals surface area contributed by atoms with Crippen molar-refractivity contribution < 1.29 is 0 Å². The molecule has 0 spiro atoms. The number of nitrogens with one attached hydrogen (secondary N) is 1. The SMILES string of the molecule is N#Cc1ccccc1NC1CCCCC1C#N. The highest BCUT2D eigenvalue weighted by Gasteiger charge is 2.25. The van der Waals surface area contributed by atoms with Crippen LogP contribution in [-0.2, 0) is 0 Å². The van der Waals surface area contributed by atoms with E-state index in [9.17, 15) is 0 Å². The second kappa shape index (κ2) is 5.37. The number of anilines is 1. The Balaban J connectivity index is 2.15. The van der Waals surface area contributed by atoms with Gasteiger partial charge >= 0.3 is 0 Å². The van der Waals surface area contributed by atoms with Gasteiger partial charge in [0.25, 0.3) is 0 Å². The minimum absolute atomic E-state index is 0.0653. The maximum atomic E-state index is 9.11. The van der Waals surface area contributed by atoms with Crippen molar-refractivity contribution in [1.29, 1.82) is 10.5 Å². The molecule has 0 saturated heterocycles. The molecule has 3 heteroatoms. The van der Waals surface area contributed by atoms with E-state index in [2.05, 4.69) is 17.5 Å². The maximum Gasteiger partial charge on any atom is 0.101 e. The third-order valence-corrected chi connectivity index (χ3v) is 3.32. The quantitative estimate of drug-likeness (QED) is 0.841. The van der Waals surface area contributed by atoms with Gasteiger partial charge in [-0.1, -0.05) is 25.0 Å². The number of para-hydroxylation sites is 1. The van der Waals surface area contributed by atoms with E-state index in [1.807, 2.05) is 18.2 Å². The Morgan fingerprint density at radius 1 is 1.12 bits per heavy atom. The number of hydrogen-bond donors (Lipinski definition) is 1. The van der Waals surface area contributed by atoms with Crippen LogP contribution in [0.2, 0.25) is 0 Å². The Bertz CT molecular complexity index is 467. The minimum Gasteiger partial charge on any atom is -0.380 e. The highest BCUT2D eigenvalue weighted by molar-refractivity contribution is 5.57. The topological polar surface area (TPSA) is 59.6 Å². The molecule has 0 radical (unpaired) electrons. The van der Waals surface area contributed by atoms with Crippen LogP contribution in [0, 0.1) is 28.6 Å². The average Bonchev–Trinajstić information content (AvgIpc) is 2.40. The Morgan fingerprint density at radius 3 is 2.65 bits per heavy atom. The Hall–Kier alpha value is -2.00. The molecular weight excluding hydrogens is 210 g/mol. The van der Waals surface area contributed by atoms with Gasteiger partial charge in [0.05, 0.1) is 23.2 Å². The van der Waals surface area contributed by atoms with Crippen LogP contribution < -0.4 is 5.32 Å². The van der Waals surface area contributed by atoms with E-state index in [1.54, 1.807) is 6.07 Å². The van der Waals surface area contributed by atoms with Crippen molar-refractivity contribution in [3.05, 3.63) is 29.8 Å². The van der Waals surface area contributed by atoms with E-state index in [0.29, 0.717) is 5.56 Å². The monoisotopic (exact) mass is 225 g/mol. The first-order valence-corrected chi connectivity index (χ1v) is 6.00. The van der Waals surface area contributed by atoms with Gasteiger partial charge in [-0.3, -0.25) is 0 Å². The molecule has 0 heterocycles. The summed E-state index contributed by atoms with van der Waals surface area (Å²) in [4.78, 5) is 0. The van der Waals surface area contributed by atoms with Crippen LogP contribution in [0.15, 0.2) is 24.3 Å². The fraction of sp³-hybridized carbons (Fsp3) is 0.429. The molecule has 0 amide bonds. The Labute approximate surface area is 102 Å². The maximum absolute atomic E-state index is 9.11. The van der Waals surface area contributed by atoms with Crippen LogP contribution in [0.1, 0.15) is 31.2 Å². The zero-order valence-corrected chi connectivity index (χ0v) is 9.69. The Morgan fingerprint density at radius 2 is 1.88 bits per heavy atom. The molecule has 1 aromatic carbocycles. The lowest BCUT2D eigenvalue weighted by Gasteiger charge is -2.28. The zero-order chi connectivity index (χ0) is 12.1. The number of nitriles is 2. The highest BCUT2D eigenvalue weighted by atomic mass is 14.9. The van der Waals surface area contributed by atoms with Gasteiger partial charge < -0.3 is 5.32 Å². The molecule has 1 fully saturated rings. The van der Waals surface area contributed by atoms with Crippen LogP contribution in [0.25, 0.3) is 0 Å². The molecule has 1 saturated carbocycles. The molecule has 2 unspecified atom stereocenters.